The molecular weight excluding hydrogens is 309 g/mol. The number of rotatable bonds is 2. The smallest absolute Gasteiger partial charge is 0.332 e. The Balaban J connectivity index is 2.18. The Morgan fingerprint density at radius 2 is 1.59 bits per heavy atom. The molecule has 0 unspecified atom stereocenters. The van der Waals surface area contributed by atoms with Crippen molar-refractivity contribution in [2.75, 3.05) is 10.6 Å². The second-order valence-corrected chi connectivity index (χ2v) is 5.35. The minimum Gasteiger partial charge on any atom is -0.332 e. The predicted molar refractivity (Wildman–Crippen MR) is 87.2 cm³/mol. The largest absolute Gasteiger partial charge is 0.418 e. The van der Waals surface area contributed by atoms with Gasteiger partial charge in [0.25, 0.3) is 0 Å². The van der Waals surface area contributed by atoms with Crippen LogP contribution in [0.25, 0.3) is 0 Å². The summed E-state index contributed by atoms with van der Waals surface area (Å²) in [6, 6.07) is 11.0. The number of thiocarbonyl (C=S) groups is 1. The maximum Gasteiger partial charge on any atom is 0.418 e. The summed E-state index contributed by atoms with van der Waals surface area (Å²) < 4.78 is 38.8. The van der Waals surface area contributed by atoms with E-state index in [-0.39, 0.29) is 10.8 Å². The molecule has 2 rings (SSSR count). The maximum absolute atomic E-state index is 12.9. The molecule has 6 heteroatoms. The van der Waals surface area contributed by atoms with Gasteiger partial charge in [-0.15, -0.1) is 0 Å². The minimum absolute atomic E-state index is 0.0715. The average Bonchev–Trinajstić information content (AvgIpc) is 2.42. The number of anilines is 2. The van der Waals surface area contributed by atoms with Crippen LogP contribution < -0.4 is 10.6 Å². The van der Waals surface area contributed by atoms with Crippen LogP contribution in [0, 0.1) is 13.8 Å². The fourth-order valence-electron chi connectivity index (χ4n) is 1.99. The summed E-state index contributed by atoms with van der Waals surface area (Å²) in [4.78, 5) is 0. The molecule has 0 amide bonds. The molecule has 0 bridgehead atoms. The lowest BCUT2D eigenvalue weighted by molar-refractivity contribution is -0.136. The van der Waals surface area contributed by atoms with E-state index >= 15 is 0 Å². The monoisotopic (exact) mass is 324 g/mol. The molecule has 0 aliphatic rings. The zero-order valence-electron chi connectivity index (χ0n) is 12.1. The van der Waals surface area contributed by atoms with E-state index in [1.165, 1.54) is 18.2 Å². The van der Waals surface area contributed by atoms with Crippen molar-refractivity contribution in [2.45, 2.75) is 20.0 Å². The van der Waals surface area contributed by atoms with Crippen molar-refractivity contribution in [1.29, 1.82) is 0 Å². The van der Waals surface area contributed by atoms with Gasteiger partial charge < -0.3 is 10.6 Å². The summed E-state index contributed by atoms with van der Waals surface area (Å²) in [7, 11) is 0. The van der Waals surface area contributed by atoms with Gasteiger partial charge in [0.15, 0.2) is 5.11 Å². The number of aryl methyl sites for hydroxylation is 2. The number of halogens is 3. The molecule has 0 saturated carbocycles. The van der Waals surface area contributed by atoms with E-state index in [9.17, 15) is 13.2 Å². The number of nitrogens with one attached hydrogen (secondary N) is 2. The molecule has 0 atom stereocenters. The molecular formula is C16H15F3N2S. The van der Waals surface area contributed by atoms with Crippen molar-refractivity contribution in [3.8, 4) is 0 Å². The molecule has 0 heterocycles. The number of benzene rings is 2. The highest BCUT2D eigenvalue weighted by Gasteiger charge is 2.33. The van der Waals surface area contributed by atoms with Gasteiger partial charge in [0.05, 0.1) is 11.3 Å². The molecule has 0 saturated heterocycles. The number of hydrogen-bond acceptors (Lipinski definition) is 1. The fourth-order valence-corrected chi connectivity index (χ4v) is 2.21. The zero-order valence-corrected chi connectivity index (χ0v) is 12.9. The van der Waals surface area contributed by atoms with E-state index in [1.807, 2.05) is 32.0 Å². The van der Waals surface area contributed by atoms with Crippen LogP contribution in [-0.4, -0.2) is 5.11 Å². The van der Waals surface area contributed by atoms with Crippen molar-refractivity contribution in [3.05, 3.63) is 59.2 Å². The standard InChI is InChI=1S/C16H15F3N2S/c1-10-7-8-11(2)14(9-10)21-15(22)20-13-6-4-3-5-12(13)16(17,18)19/h3-9H,1-2H3,(H2,20,21,22). The molecule has 0 aliphatic heterocycles. The molecule has 22 heavy (non-hydrogen) atoms. The highest BCUT2D eigenvalue weighted by molar-refractivity contribution is 7.80. The summed E-state index contributed by atoms with van der Waals surface area (Å²) in [5.74, 6) is 0. The van der Waals surface area contributed by atoms with Crippen LogP contribution in [0.3, 0.4) is 0 Å². The van der Waals surface area contributed by atoms with E-state index in [2.05, 4.69) is 10.6 Å². The molecule has 2 aromatic carbocycles. The Morgan fingerprint density at radius 1 is 0.955 bits per heavy atom. The number of alkyl halides is 3. The normalized spacial score (nSPS) is 11.1. The molecule has 0 fully saturated rings. The van der Waals surface area contributed by atoms with Crippen LogP contribution in [0.15, 0.2) is 42.5 Å². The van der Waals surface area contributed by atoms with Crippen LogP contribution >= 0.6 is 12.2 Å². The third-order valence-electron chi connectivity index (χ3n) is 3.12. The first-order valence-corrected chi connectivity index (χ1v) is 6.99. The second kappa shape index (κ2) is 6.36. The van der Waals surface area contributed by atoms with Crippen LogP contribution in [-0.2, 0) is 6.18 Å². The van der Waals surface area contributed by atoms with Crippen molar-refractivity contribution >= 4 is 28.7 Å². The van der Waals surface area contributed by atoms with Gasteiger partial charge >= 0.3 is 6.18 Å². The van der Waals surface area contributed by atoms with Crippen LogP contribution in [0.4, 0.5) is 24.5 Å². The fraction of sp³-hybridized carbons (Fsp3) is 0.188. The van der Waals surface area contributed by atoms with E-state index < -0.39 is 11.7 Å². The molecule has 2 nitrogen and oxygen atoms in total. The third kappa shape index (κ3) is 3.98. The summed E-state index contributed by atoms with van der Waals surface area (Å²) >= 11 is 5.11. The SMILES string of the molecule is Cc1ccc(C)c(NC(=S)Nc2ccccc2C(F)(F)F)c1. The van der Waals surface area contributed by atoms with Gasteiger partial charge in [-0.25, -0.2) is 0 Å². The molecule has 0 aliphatic carbocycles. The molecule has 0 radical (unpaired) electrons. The lowest BCUT2D eigenvalue weighted by Gasteiger charge is -2.16. The Labute approximate surface area is 132 Å². The van der Waals surface area contributed by atoms with Gasteiger partial charge in [-0.3, -0.25) is 0 Å². The van der Waals surface area contributed by atoms with Gasteiger partial charge in [0.2, 0.25) is 0 Å². The quantitative estimate of drug-likeness (QED) is 0.749. The van der Waals surface area contributed by atoms with Crippen molar-refractivity contribution < 1.29 is 13.2 Å². The lowest BCUT2D eigenvalue weighted by atomic mass is 10.1. The topological polar surface area (TPSA) is 24.1 Å². The van der Waals surface area contributed by atoms with E-state index in [0.29, 0.717) is 0 Å². The lowest BCUT2D eigenvalue weighted by Crippen LogP contribution is -2.22. The van der Waals surface area contributed by atoms with Gasteiger partial charge in [-0.1, -0.05) is 24.3 Å². The molecule has 0 spiro atoms. The highest BCUT2D eigenvalue weighted by atomic mass is 32.1. The summed E-state index contributed by atoms with van der Waals surface area (Å²) in [5, 5.41) is 5.66. The van der Waals surface area contributed by atoms with Crippen LogP contribution in [0.2, 0.25) is 0 Å². The summed E-state index contributed by atoms with van der Waals surface area (Å²) in [6.07, 6.45) is -4.43. The molecule has 116 valence electrons. The first kappa shape index (κ1) is 16.3. The number of para-hydroxylation sites is 1. The van der Waals surface area contributed by atoms with Crippen molar-refractivity contribution in [1.82, 2.24) is 0 Å². The van der Waals surface area contributed by atoms with Gasteiger partial charge in [-0.05, 0) is 55.4 Å². The van der Waals surface area contributed by atoms with E-state index in [1.54, 1.807) is 0 Å². The van der Waals surface area contributed by atoms with E-state index in [0.717, 1.165) is 22.9 Å². The Kier molecular flexibility index (Phi) is 4.71. The molecule has 0 aromatic heterocycles. The molecule has 2 N–H and O–H groups in total. The van der Waals surface area contributed by atoms with E-state index in [4.69, 9.17) is 12.2 Å². The Morgan fingerprint density at radius 3 is 2.27 bits per heavy atom. The minimum atomic E-state index is -4.43. The maximum atomic E-state index is 12.9. The zero-order chi connectivity index (χ0) is 16.3. The average molecular weight is 324 g/mol. The molecule has 2 aromatic rings. The first-order chi connectivity index (χ1) is 10.3. The summed E-state index contributed by atoms with van der Waals surface area (Å²) in [6.45, 7) is 3.83. The van der Waals surface area contributed by atoms with Crippen LogP contribution in [0.1, 0.15) is 16.7 Å². The van der Waals surface area contributed by atoms with Gasteiger partial charge in [-0.2, -0.15) is 13.2 Å². The van der Waals surface area contributed by atoms with Gasteiger partial charge in [0.1, 0.15) is 0 Å². The van der Waals surface area contributed by atoms with Crippen LogP contribution in [0.5, 0.6) is 0 Å². The van der Waals surface area contributed by atoms with Crippen molar-refractivity contribution in [3.63, 3.8) is 0 Å². The van der Waals surface area contributed by atoms with Crippen molar-refractivity contribution in [2.24, 2.45) is 0 Å². The van der Waals surface area contributed by atoms with Gasteiger partial charge in [0, 0.05) is 5.69 Å². The predicted octanol–water partition coefficient (Wildman–Crippen LogP) is 5.13. The Hall–Kier alpha value is -2.08. The summed E-state index contributed by atoms with van der Waals surface area (Å²) in [5.41, 5.74) is 1.94. The second-order valence-electron chi connectivity index (χ2n) is 4.94. The number of hydrogen-bond donors (Lipinski definition) is 2. The Bertz CT molecular complexity index is 696. The first-order valence-electron chi connectivity index (χ1n) is 6.59. The highest BCUT2D eigenvalue weighted by Crippen LogP contribution is 2.34. The third-order valence-corrected chi connectivity index (χ3v) is 3.33.